The number of rotatable bonds is 5. The van der Waals surface area contributed by atoms with Gasteiger partial charge >= 0.3 is 0 Å². The summed E-state index contributed by atoms with van der Waals surface area (Å²) in [5.41, 5.74) is 1.26. The second-order valence-electron chi connectivity index (χ2n) is 3.85. The molecular formula is C12H15BrN4S. The van der Waals surface area contributed by atoms with Gasteiger partial charge in [0.2, 0.25) is 5.16 Å². The van der Waals surface area contributed by atoms with Gasteiger partial charge in [0, 0.05) is 15.9 Å². The van der Waals surface area contributed by atoms with Gasteiger partial charge in [0.1, 0.15) is 5.82 Å². The Kier molecular flexibility index (Phi) is 4.79. The molecule has 0 unspecified atom stereocenters. The first-order valence-corrected chi connectivity index (χ1v) is 7.36. The van der Waals surface area contributed by atoms with Crippen molar-refractivity contribution in [3.8, 4) is 0 Å². The second-order valence-corrected chi connectivity index (χ2v) is 5.71. The topological polar surface area (TPSA) is 53.6 Å². The number of nitrogens with one attached hydrogen (secondary N) is 2. The number of aromatic amines is 1. The van der Waals surface area contributed by atoms with Crippen LogP contribution in [0.15, 0.2) is 32.7 Å². The molecule has 0 spiro atoms. The summed E-state index contributed by atoms with van der Waals surface area (Å²) >= 11 is 5.14. The largest absolute Gasteiger partial charge is 0.313 e. The van der Waals surface area contributed by atoms with Gasteiger partial charge in [0.25, 0.3) is 0 Å². The minimum absolute atomic E-state index is 0.743. The molecule has 0 fully saturated rings. The Balaban J connectivity index is 2.09. The van der Waals surface area contributed by atoms with E-state index in [0.717, 1.165) is 33.4 Å². The molecule has 96 valence electrons. The molecule has 0 aliphatic heterocycles. The van der Waals surface area contributed by atoms with Crippen molar-refractivity contribution in [3.63, 3.8) is 0 Å². The summed E-state index contributed by atoms with van der Waals surface area (Å²) in [7, 11) is 0. The molecule has 1 heterocycles. The summed E-state index contributed by atoms with van der Waals surface area (Å²) in [4.78, 5) is 5.40. The van der Waals surface area contributed by atoms with E-state index in [1.165, 1.54) is 5.56 Å². The summed E-state index contributed by atoms with van der Waals surface area (Å²) < 4.78 is 1.07. The molecule has 6 heteroatoms. The third kappa shape index (κ3) is 3.57. The standard InChI is InChI=1S/C12H15BrN4S/c1-3-14-7-9-4-5-11(10(13)6-9)18-12-15-8(2)16-17-12/h4-6,14H,3,7H2,1-2H3,(H,15,16,17). The molecule has 1 aromatic heterocycles. The molecule has 18 heavy (non-hydrogen) atoms. The number of aryl methyl sites for hydroxylation is 1. The van der Waals surface area contributed by atoms with Gasteiger partial charge in [-0.2, -0.15) is 0 Å². The van der Waals surface area contributed by atoms with Crippen LogP contribution in [0.4, 0.5) is 0 Å². The van der Waals surface area contributed by atoms with E-state index >= 15 is 0 Å². The lowest BCUT2D eigenvalue weighted by Crippen LogP contribution is -2.11. The molecule has 0 atom stereocenters. The average molecular weight is 327 g/mol. The van der Waals surface area contributed by atoms with Gasteiger partial charge in [0.05, 0.1) is 0 Å². The van der Waals surface area contributed by atoms with E-state index in [0.29, 0.717) is 0 Å². The Hall–Kier alpha value is -0.850. The van der Waals surface area contributed by atoms with E-state index in [2.05, 4.69) is 61.6 Å². The van der Waals surface area contributed by atoms with Crippen molar-refractivity contribution in [1.82, 2.24) is 20.5 Å². The van der Waals surface area contributed by atoms with Gasteiger partial charge in [-0.15, -0.1) is 5.10 Å². The minimum Gasteiger partial charge on any atom is -0.313 e. The van der Waals surface area contributed by atoms with Crippen molar-refractivity contribution in [1.29, 1.82) is 0 Å². The summed E-state index contributed by atoms with van der Waals surface area (Å²) in [5, 5.41) is 11.0. The van der Waals surface area contributed by atoms with Gasteiger partial charge in [0.15, 0.2) is 0 Å². The fourth-order valence-corrected chi connectivity index (χ4v) is 2.90. The fraction of sp³-hybridized carbons (Fsp3) is 0.333. The zero-order chi connectivity index (χ0) is 13.0. The van der Waals surface area contributed by atoms with Crippen molar-refractivity contribution in [2.45, 2.75) is 30.4 Å². The van der Waals surface area contributed by atoms with Crippen LogP contribution in [0.1, 0.15) is 18.3 Å². The summed E-state index contributed by atoms with van der Waals surface area (Å²) in [6, 6.07) is 6.34. The Bertz CT molecular complexity index is 527. The number of hydrogen-bond acceptors (Lipinski definition) is 4. The summed E-state index contributed by atoms with van der Waals surface area (Å²) in [6.07, 6.45) is 0. The highest BCUT2D eigenvalue weighted by molar-refractivity contribution is 9.10. The van der Waals surface area contributed by atoms with E-state index in [4.69, 9.17) is 0 Å². The third-order valence-corrected chi connectivity index (χ3v) is 4.21. The van der Waals surface area contributed by atoms with Crippen LogP contribution in [0.2, 0.25) is 0 Å². The number of H-pyrrole nitrogens is 1. The fourth-order valence-electron chi connectivity index (χ4n) is 1.47. The molecule has 1 aromatic carbocycles. The smallest absolute Gasteiger partial charge is 0.213 e. The van der Waals surface area contributed by atoms with Gasteiger partial charge in [-0.25, -0.2) is 4.98 Å². The first kappa shape index (κ1) is 13.6. The van der Waals surface area contributed by atoms with E-state index in [-0.39, 0.29) is 0 Å². The molecular weight excluding hydrogens is 312 g/mol. The summed E-state index contributed by atoms with van der Waals surface area (Å²) in [5.74, 6) is 0.831. The number of nitrogens with zero attached hydrogens (tertiary/aromatic N) is 2. The number of halogens is 1. The van der Waals surface area contributed by atoms with Gasteiger partial charge in [-0.1, -0.05) is 13.0 Å². The van der Waals surface area contributed by atoms with Crippen molar-refractivity contribution in [2.24, 2.45) is 0 Å². The minimum atomic E-state index is 0.743. The predicted molar refractivity (Wildman–Crippen MR) is 76.8 cm³/mol. The van der Waals surface area contributed by atoms with Crippen molar-refractivity contribution >= 4 is 27.7 Å². The van der Waals surface area contributed by atoms with E-state index in [1.807, 2.05) is 6.92 Å². The van der Waals surface area contributed by atoms with Gasteiger partial charge in [-0.05, 0) is 58.9 Å². The molecule has 0 saturated heterocycles. The lowest BCUT2D eigenvalue weighted by atomic mass is 10.2. The molecule has 4 nitrogen and oxygen atoms in total. The molecule has 0 aliphatic rings. The lowest BCUT2D eigenvalue weighted by Gasteiger charge is -2.06. The van der Waals surface area contributed by atoms with Crippen LogP contribution < -0.4 is 5.32 Å². The van der Waals surface area contributed by atoms with Crippen LogP contribution in [-0.2, 0) is 6.54 Å². The number of hydrogen-bond donors (Lipinski definition) is 2. The van der Waals surface area contributed by atoms with Crippen LogP contribution in [0.5, 0.6) is 0 Å². The van der Waals surface area contributed by atoms with Crippen LogP contribution in [-0.4, -0.2) is 21.7 Å². The molecule has 2 aromatic rings. The normalized spacial score (nSPS) is 10.8. The van der Waals surface area contributed by atoms with E-state index in [9.17, 15) is 0 Å². The number of aromatic nitrogens is 3. The molecule has 0 bridgehead atoms. The Morgan fingerprint density at radius 3 is 2.89 bits per heavy atom. The van der Waals surface area contributed by atoms with Crippen molar-refractivity contribution in [2.75, 3.05) is 6.54 Å². The van der Waals surface area contributed by atoms with Gasteiger partial charge < -0.3 is 5.32 Å². The maximum atomic E-state index is 4.28. The first-order valence-electron chi connectivity index (χ1n) is 5.75. The highest BCUT2D eigenvalue weighted by Crippen LogP contribution is 2.32. The molecule has 0 amide bonds. The van der Waals surface area contributed by atoms with Crippen molar-refractivity contribution < 1.29 is 0 Å². The van der Waals surface area contributed by atoms with Crippen LogP contribution in [0, 0.1) is 6.92 Å². The zero-order valence-electron chi connectivity index (χ0n) is 10.3. The maximum absolute atomic E-state index is 4.28. The Morgan fingerprint density at radius 1 is 1.44 bits per heavy atom. The Labute approximate surface area is 119 Å². The van der Waals surface area contributed by atoms with E-state index in [1.54, 1.807) is 11.8 Å². The van der Waals surface area contributed by atoms with Crippen LogP contribution >= 0.6 is 27.7 Å². The van der Waals surface area contributed by atoms with Gasteiger partial charge in [-0.3, -0.25) is 5.10 Å². The quantitative estimate of drug-likeness (QED) is 0.886. The zero-order valence-corrected chi connectivity index (χ0v) is 12.7. The molecule has 0 radical (unpaired) electrons. The summed E-state index contributed by atoms with van der Waals surface area (Å²) in [6.45, 7) is 5.86. The molecule has 0 saturated carbocycles. The molecule has 2 rings (SSSR count). The van der Waals surface area contributed by atoms with Crippen LogP contribution in [0.25, 0.3) is 0 Å². The van der Waals surface area contributed by atoms with E-state index < -0.39 is 0 Å². The maximum Gasteiger partial charge on any atom is 0.213 e. The third-order valence-electron chi connectivity index (χ3n) is 2.35. The lowest BCUT2D eigenvalue weighted by molar-refractivity contribution is 0.726. The second kappa shape index (κ2) is 6.36. The van der Waals surface area contributed by atoms with Crippen molar-refractivity contribution in [3.05, 3.63) is 34.1 Å². The highest BCUT2D eigenvalue weighted by atomic mass is 79.9. The molecule has 0 aliphatic carbocycles. The van der Waals surface area contributed by atoms with Crippen LogP contribution in [0.3, 0.4) is 0 Å². The average Bonchev–Trinajstić information content (AvgIpc) is 2.75. The highest BCUT2D eigenvalue weighted by Gasteiger charge is 2.07. The SMILES string of the molecule is CCNCc1ccc(Sc2n[nH]c(C)n2)c(Br)c1. The molecule has 2 N–H and O–H groups in total. The first-order chi connectivity index (χ1) is 8.69. The Morgan fingerprint density at radius 2 is 2.28 bits per heavy atom. The number of benzene rings is 1. The monoisotopic (exact) mass is 326 g/mol. The predicted octanol–water partition coefficient (Wildman–Crippen LogP) is 3.14.